The van der Waals surface area contributed by atoms with Crippen molar-refractivity contribution in [2.24, 2.45) is 11.3 Å². The maximum Gasteiger partial charge on any atom is 0.416 e. The Labute approximate surface area is 212 Å². The number of hydrogen-bond acceptors (Lipinski definition) is 4. The van der Waals surface area contributed by atoms with Crippen molar-refractivity contribution in [2.45, 2.75) is 55.3 Å². The number of hydrogen-bond donors (Lipinski definition) is 1. The number of halogens is 4. The molecule has 2 atom stereocenters. The monoisotopic (exact) mass is 538 g/mol. The maximum atomic E-state index is 14.8. The lowest BCUT2D eigenvalue weighted by atomic mass is 9.57. The van der Waals surface area contributed by atoms with Gasteiger partial charge in [-0.2, -0.15) is 13.2 Å². The largest absolute Gasteiger partial charge is 0.416 e. The van der Waals surface area contributed by atoms with Gasteiger partial charge < -0.3 is 10.2 Å². The first-order valence-corrected chi connectivity index (χ1v) is 14.0. The zero-order valence-corrected chi connectivity index (χ0v) is 20.8. The Bertz CT molecular complexity index is 1370. The van der Waals surface area contributed by atoms with Crippen molar-refractivity contribution in [3.63, 3.8) is 0 Å². The molecule has 2 amide bonds. The fourth-order valence-electron chi connectivity index (χ4n) is 5.50. The fraction of sp³-hybridized carbons (Fsp3) is 0.462. The van der Waals surface area contributed by atoms with Crippen molar-refractivity contribution in [1.82, 2.24) is 10.2 Å². The Hall–Kier alpha value is -2.95. The van der Waals surface area contributed by atoms with E-state index in [1.807, 2.05) is 0 Å². The third kappa shape index (κ3) is 4.73. The smallest absolute Gasteiger partial charge is 0.347 e. The second kappa shape index (κ2) is 8.82. The molecule has 6 nitrogen and oxygen atoms in total. The van der Waals surface area contributed by atoms with Gasteiger partial charge in [0.1, 0.15) is 11.9 Å². The van der Waals surface area contributed by atoms with E-state index in [-0.39, 0.29) is 21.9 Å². The minimum Gasteiger partial charge on any atom is -0.347 e. The summed E-state index contributed by atoms with van der Waals surface area (Å²) >= 11 is 0. The SMILES string of the molecule is CS(=O)(=O)c1cccc(C(=O)N2CC3(CCC3)[C@H]2C(=O)NC(c2ccc(C(F)(F)F)cc2F)C2CC2)c1. The van der Waals surface area contributed by atoms with Crippen LogP contribution < -0.4 is 5.32 Å². The van der Waals surface area contributed by atoms with E-state index in [4.69, 9.17) is 0 Å². The number of nitrogens with one attached hydrogen (secondary N) is 1. The number of nitrogens with zero attached hydrogens (tertiary/aromatic N) is 1. The summed E-state index contributed by atoms with van der Waals surface area (Å²) < 4.78 is 77.7. The summed E-state index contributed by atoms with van der Waals surface area (Å²) in [4.78, 5) is 28.3. The lowest BCUT2D eigenvalue weighted by Crippen LogP contribution is -2.73. The first-order chi connectivity index (χ1) is 17.3. The van der Waals surface area contributed by atoms with Crippen LogP contribution in [0, 0.1) is 17.2 Å². The normalized spacial score (nSPS) is 21.6. The number of sulfone groups is 1. The maximum absolute atomic E-state index is 14.8. The van der Waals surface area contributed by atoms with E-state index in [9.17, 15) is 35.6 Å². The van der Waals surface area contributed by atoms with Crippen LogP contribution in [-0.4, -0.2) is 44.0 Å². The van der Waals surface area contributed by atoms with Crippen molar-refractivity contribution in [1.29, 1.82) is 0 Å². The summed E-state index contributed by atoms with van der Waals surface area (Å²) in [5.41, 5.74) is -1.37. The van der Waals surface area contributed by atoms with Crippen LogP contribution in [0.15, 0.2) is 47.4 Å². The Balaban J connectivity index is 1.40. The molecule has 11 heteroatoms. The first-order valence-electron chi connectivity index (χ1n) is 12.1. The molecule has 0 bridgehead atoms. The number of carbonyl (C=O) groups excluding carboxylic acids is 2. The molecule has 3 fully saturated rings. The molecule has 2 aliphatic carbocycles. The average Bonchev–Trinajstić information content (AvgIpc) is 3.60. The number of rotatable bonds is 6. The van der Waals surface area contributed by atoms with Gasteiger partial charge in [-0.25, -0.2) is 12.8 Å². The van der Waals surface area contributed by atoms with Crippen LogP contribution in [0.4, 0.5) is 17.6 Å². The second-order valence-corrected chi connectivity index (χ2v) is 12.4. The molecular weight excluding hydrogens is 512 g/mol. The Morgan fingerprint density at radius 2 is 1.81 bits per heavy atom. The molecule has 2 aromatic carbocycles. The highest BCUT2D eigenvalue weighted by atomic mass is 32.2. The molecule has 1 heterocycles. The van der Waals surface area contributed by atoms with Crippen LogP contribution in [0.3, 0.4) is 0 Å². The lowest BCUT2D eigenvalue weighted by molar-refractivity contribution is -0.153. The van der Waals surface area contributed by atoms with Crippen LogP contribution in [0.25, 0.3) is 0 Å². The van der Waals surface area contributed by atoms with E-state index in [0.717, 1.165) is 37.7 Å². The Morgan fingerprint density at radius 1 is 1.11 bits per heavy atom. The fourth-order valence-corrected chi connectivity index (χ4v) is 6.17. The van der Waals surface area contributed by atoms with Crippen LogP contribution in [0.2, 0.25) is 0 Å². The summed E-state index contributed by atoms with van der Waals surface area (Å²) in [5, 5.41) is 2.84. The van der Waals surface area contributed by atoms with Gasteiger partial charge in [-0.1, -0.05) is 18.6 Å². The van der Waals surface area contributed by atoms with E-state index >= 15 is 0 Å². The standard InChI is InChI=1S/C26H26F4N2O4S/c1-37(35,36)18-5-2-4-16(12-18)24(34)32-14-25(10-3-11-25)22(32)23(33)31-21(15-6-7-15)19-9-8-17(13-20(19)27)26(28,29)30/h2,4-5,8-9,12-13,15,21-22H,3,6-7,10-11,14H2,1H3,(H,31,33)/t21?,22-/m1/s1. The summed E-state index contributed by atoms with van der Waals surface area (Å²) in [7, 11) is -3.54. The van der Waals surface area contributed by atoms with Crippen molar-refractivity contribution in [2.75, 3.05) is 12.8 Å². The molecule has 1 spiro atoms. The number of alkyl halides is 3. The quantitative estimate of drug-likeness (QED) is 0.549. The molecule has 1 saturated heterocycles. The minimum atomic E-state index is -4.69. The average molecular weight is 539 g/mol. The molecule has 1 unspecified atom stereocenters. The molecule has 1 aliphatic heterocycles. The third-order valence-electron chi connectivity index (χ3n) is 7.80. The molecule has 1 N–H and O–H groups in total. The Kier molecular flexibility index (Phi) is 6.12. The summed E-state index contributed by atoms with van der Waals surface area (Å²) in [6, 6.07) is 6.31. The van der Waals surface area contributed by atoms with Gasteiger partial charge in [0.25, 0.3) is 5.91 Å². The van der Waals surface area contributed by atoms with Crippen molar-refractivity contribution in [3.8, 4) is 0 Å². The van der Waals surface area contributed by atoms with Crippen LogP contribution >= 0.6 is 0 Å². The number of benzene rings is 2. The van der Waals surface area contributed by atoms with E-state index in [1.54, 1.807) is 0 Å². The molecule has 0 aromatic heterocycles. The number of likely N-dealkylation sites (tertiary alicyclic amines) is 1. The molecular formula is C26H26F4N2O4S. The van der Waals surface area contributed by atoms with Gasteiger partial charge in [-0.3, -0.25) is 9.59 Å². The zero-order valence-electron chi connectivity index (χ0n) is 20.0. The lowest BCUT2D eigenvalue weighted by Gasteiger charge is -2.61. The van der Waals surface area contributed by atoms with Crippen LogP contribution in [-0.2, 0) is 20.8 Å². The van der Waals surface area contributed by atoms with Gasteiger partial charge in [-0.15, -0.1) is 0 Å². The second-order valence-electron chi connectivity index (χ2n) is 10.4. The molecule has 5 rings (SSSR count). The number of amides is 2. The third-order valence-corrected chi connectivity index (χ3v) is 8.91. The topological polar surface area (TPSA) is 83.6 Å². The molecule has 37 heavy (non-hydrogen) atoms. The van der Waals surface area contributed by atoms with Gasteiger partial charge >= 0.3 is 6.18 Å². The van der Waals surface area contributed by atoms with E-state index in [2.05, 4.69) is 5.32 Å². The molecule has 198 valence electrons. The summed E-state index contributed by atoms with van der Waals surface area (Å²) in [6.07, 6.45) is 0.120. The van der Waals surface area contributed by atoms with Crippen LogP contribution in [0.5, 0.6) is 0 Å². The van der Waals surface area contributed by atoms with Gasteiger partial charge in [-0.05, 0) is 61.9 Å². The van der Waals surface area contributed by atoms with E-state index in [0.29, 0.717) is 25.5 Å². The zero-order chi connectivity index (χ0) is 26.8. The van der Waals surface area contributed by atoms with Gasteiger partial charge in [0, 0.05) is 29.3 Å². The van der Waals surface area contributed by atoms with Crippen LogP contribution in [0.1, 0.15) is 59.6 Å². The Morgan fingerprint density at radius 3 is 2.35 bits per heavy atom. The highest BCUT2D eigenvalue weighted by molar-refractivity contribution is 7.90. The van der Waals surface area contributed by atoms with E-state index in [1.165, 1.54) is 29.2 Å². The van der Waals surface area contributed by atoms with Crippen molar-refractivity contribution in [3.05, 3.63) is 65.0 Å². The highest BCUT2D eigenvalue weighted by Gasteiger charge is 2.61. The predicted octanol–water partition coefficient (Wildman–Crippen LogP) is 4.51. The first kappa shape index (κ1) is 25.7. The van der Waals surface area contributed by atoms with E-state index < -0.39 is 56.7 Å². The van der Waals surface area contributed by atoms with Crippen molar-refractivity contribution < 1.29 is 35.6 Å². The van der Waals surface area contributed by atoms with Gasteiger partial charge in [0.05, 0.1) is 16.5 Å². The van der Waals surface area contributed by atoms with Gasteiger partial charge in [0.15, 0.2) is 9.84 Å². The van der Waals surface area contributed by atoms with Gasteiger partial charge in [0.2, 0.25) is 5.91 Å². The molecule has 2 aromatic rings. The predicted molar refractivity (Wildman–Crippen MR) is 126 cm³/mol. The molecule has 2 saturated carbocycles. The molecule has 3 aliphatic rings. The van der Waals surface area contributed by atoms with Crippen molar-refractivity contribution >= 4 is 21.7 Å². The minimum absolute atomic E-state index is 0.00944. The number of carbonyl (C=O) groups is 2. The highest BCUT2D eigenvalue weighted by Crippen LogP contribution is 2.54. The summed E-state index contributed by atoms with van der Waals surface area (Å²) in [6.45, 7) is 0.343. The molecule has 0 radical (unpaired) electrons. The summed E-state index contributed by atoms with van der Waals surface area (Å²) in [5.74, 6) is -2.10.